The Morgan fingerprint density at radius 1 is 1.20 bits per heavy atom. The van der Waals surface area contributed by atoms with E-state index in [2.05, 4.69) is 0 Å². The summed E-state index contributed by atoms with van der Waals surface area (Å²) in [6.45, 7) is 0. The SMILES string of the molecule is NC1CCC(N)(N)C(N)C1. The third-order valence-corrected chi connectivity index (χ3v) is 2.20. The van der Waals surface area contributed by atoms with Gasteiger partial charge in [-0.15, -0.1) is 0 Å². The zero-order valence-electron chi connectivity index (χ0n) is 6.09. The van der Waals surface area contributed by atoms with Gasteiger partial charge in [-0.3, -0.25) is 0 Å². The highest BCUT2D eigenvalue weighted by molar-refractivity contribution is 4.95. The Morgan fingerprint density at radius 3 is 2.20 bits per heavy atom. The lowest BCUT2D eigenvalue weighted by atomic mass is 9.83. The van der Waals surface area contributed by atoms with Crippen molar-refractivity contribution in [2.45, 2.75) is 37.0 Å². The first-order chi connectivity index (χ1) is 4.52. The average molecular weight is 144 g/mol. The summed E-state index contributed by atoms with van der Waals surface area (Å²) in [6, 6.07) is 0.0477. The Bertz CT molecular complexity index is 123. The molecule has 0 aromatic heterocycles. The van der Waals surface area contributed by atoms with Gasteiger partial charge in [-0.25, -0.2) is 0 Å². The van der Waals surface area contributed by atoms with Gasteiger partial charge in [0.05, 0.1) is 5.66 Å². The van der Waals surface area contributed by atoms with Crippen LogP contribution in [0.2, 0.25) is 0 Å². The van der Waals surface area contributed by atoms with Gasteiger partial charge in [0.1, 0.15) is 0 Å². The van der Waals surface area contributed by atoms with Gasteiger partial charge in [0.15, 0.2) is 0 Å². The Morgan fingerprint density at radius 2 is 1.80 bits per heavy atom. The predicted octanol–water partition coefficient (Wildman–Crippen LogP) is -1.56. The fraction of sp³-hybridized carbons (Fsp3) is 1.00. The van der Waals surface area contributed by atoms with E-state index in [1.165, 1.54) is 0 Å². The average Bonchev–Trinajstić information content (AvgIpc) is 1.81. The molecule has 60 valence electrons. The molecule has 0 aromatic rings. The van der Waals surface area contributed by atoms with Gasteiger partial charge < -0.3 is 22.9 Å². The molecule has 0 bridgehead atoms. The fourth-order valence-corrected chi connectivity index (χ4v) is 1.28. The minimum Gasteiger partial charge on any atom is -0.328 e. The van der Waals surface area contributed by atoms with Crippen LogP contribution >= 0.6 is 0 Å². The standard InChI is InChI=1S/C6H16N4/c7-4-1-2-6(9,10)5(8)3-4/h4-5H,1-3,7-10H2. The first-order valence-corrected chi connectivity index (χ1v) is 3.61. The zero-order chi connectivity index (χ0) is 7.78. The molecule has 0 saturated heterocycles. The molecule has 1 fully saturated rings. The van der Waals surface area contributed by atoms with E-state index in [0.29, 0.717) is 0 Å². The Hall–Kier alpha value is -0.160. The maximum atomic E-state index is 5.68. The second kappa shape index (κ2) is 2.47. The van der Waals surface area contributed by atoms with Crippen LogP contribution in [0.5, 0.6) is 0 Å². The van der Waals surface area contributed by atoms with E-state index in [0.717, 1.165) is 19.3 Å². The lowest BCUT2D eigenvalue weighted by Gasteiger charge is -2.38. The summed E-state index contributed by atoms with van der Waals surface area (Å²) in [6.07, 6.45) is 2.36. The van der Waals surface area contributed by atoms with E-state index >= 15 is 0 Å². The number of nitrogens with two attached hydrogens (primary N) is 4. The first kappa shape index (κ1) is 7.94. The van der Waals surface area contributed by atoms with E-state index in [9.17, 15) is 0 Å². The molecule has 0 aliphatic heterocycles. The van der Waals surface area contributed by atoms with Crippen molar-refractivity contribution in [3.8, 4) is 0 Å². The van der Waals surface area contributed by atoms with Crippen LogP contribution in [0.4, 0.5) is 0 Å². The Labute approximate surface area is 60.9 Å². The Balaban J connectivity index is 2.52. The van der Waals surface area contributed by atoms with Crippen LogP contribution in [0.3, 0.4) is 0 Å². The minimum absolute atomic E-state index is 0.142. The van der Waals surface area contributed by atoms with Crippen LogP contribution in [0.1, 0.15) is 19.3 Å². The van der Waals surface area contributed by atoms with Gasteiger partial charge >= 0.3 is 0 Å². The molecule has 10 heavy (non-hydrogen) atoms. The minimum atomic E-state index is -0.685. The van der Waals surface area contributed by atoms with Crippen LogP contribution in [-0.4, -0.2) is 17.7 Å². The summed E-state index contributed by atoms with van der Waals surface area (Å²) >= 11 is 0. The van der Waals surface area contributed by atoms with Crippen LogP contribution in [0, 0.1) is 0 Å². The molecule has 2 atom stereocenters. The molecule has 0 heterocycles. The molecule has 0 amide bonds. The molecule has 1 saturated carbocycles. The van der Waals surface area contributed by atoms with Crippen molar-refractivity contribution in [3.05, 3.63) is 0 Å². The third kappa shape index (κ3) is 1.46. The highest BCUT2D eigenvalue weighted by Crippen LogP contribution is 2.19. The monoisotopic (exact) mass is 144 g/mol. The fourth-order valence-electron chi connectivity index (χ4n) is 1.28. The summed E-state index contributed by atoms with van der Waals surface area (Å²) in [5.74, 6) is 0. The second-order valence-corrected chi connectivity index (χ2v) is 3.25. The van der Waals surface area contributed by atoms with E-state index in [1.54, 1.807) is 0 Å². The van der Waals surface area contributed by atoms with Crippen LogP contribution in [0.25, 0.3) is 0 Å². The number of hydrogen-bond acceptors (Lipinski definition) is 4. The molecule has 1 aliphatic rings. The van der Waals surface area contributed by atoms with Gasteiger partial charge in [-0.2, -0.15) is 0 Å². The maximum absolute atomic E-state index is 5.68. The van der Waals surface area contributed by atoms with E-state index in [4.69, 9.17) is 22.9 Å². The summed E-state index contributed by atoms with van der Waals surface area (Å²) in [5.41, 5.74) is 22.0. The molecule has 2 unspecified atom stereocenters. The smallest absolute Gasteiger partial charge is 0.0793 e. The van der Waals surface area contributed by atoms with Gasteiger partial charge in [0.2, 0.25) is 0 Å². The summed E-state index contributed by atoms with van der Waals surface area (Å²) in [5, 5.41) is 0. The van der Waals surface area contributed by atoms with Gasteiger partial charge in [-0.1, -0.05) is 0 Å². The molecule has 0 aromatic carbocycles. The molecule has 1 aliphatic carbocycles. The van der Waals surface area contributed by atoms with Crippen molar-refractivity contribution in [2.24, 2.45) is 22.9 Å². The zero-order valence-corrected chi connectivity index (χ0v) is 6.09. The molecule has 8 N–H and O–H groups in total. The topological polar surface area (TPSA) is 104 Å². The van der Waals surface area contributed by atoms with Crippen molar-refractivity contribution in [3.63, 3.8) is 0 Å². The molecular formula is C6H16N4. The summed E-state index contributed by atoms with van der Waals surface area (Å²) < 4.78 is 0. The van der Waals surface area contributed by atoms with Crippen molar-refractivity contribution < 1.29 is 0 Å². The van der Waals surface area contributed by atoms with Crippen LogP contribution < -0.4 is 22.9 Å². The quantitative estimate of drug-likeness (QED) is 0.308. The van der Waals surface area contributed by atoms with Crippen molar-refractivity contribution in [1.82, 2.24) is 0 Å². The van der Waals surface area contributed by atoms with E-state index in [-0.39, 0.29) is 12.1 Å². The molecular weight excluding hydrogens is 128 g/mol. The molecule has 4 nitrogen and oxygen atoms in total. The van der Waals surface area contributed by atoms with Crippen molar-refractivity contribution in [1.29, 1.82) is 0 Å². The predicted molar refractivity (Wildman–Crippen MR) is 40.9 cm³/mol. The maximum Gasteiger partial charge on any atom is 0.0793 e. The van der Waals surface area contributed by atoms with Crippen molar-refractivity contribution in [2.75, 3.05) is 0 Å². The van der Waals surface area contributed by atoms with E-state index in [1.807, 2.05) is 0 Å². The lowest BCUT2D eigenvalue weighted by Crippen LogP contribution is -2.66. The second-order valence-electron chi connectivity index (χ2n) is 3.25. The Kier molecular flexibility index (Phi) is 1.96. The molecule has 4 heteroatoms. The van der Waals surface area contributed by atoms with E-state index < -0.39 is 5.66 Å². The molecule has 1 rings (SSSR count). The largest absolute Gasteiger partial charge is 0.328 e. The van der Waals surface area contributed by atoms with Crippen LogP contribution in [-0.2, 0) is 0 Å². The van der Waals surface area contributed by atoms with Gasteiger partial charge in [0.25, 0.3) is 0 Å². The summed E-state index contributed by atoms with van der Waals surface area (Å²) in [4.78, 5) is 0. The first-order valence-electron chi connectivity index (χ1n) is 3.61. The number of rotatable bonds is 0. The lowest BCUT2D eigenvalue weighted by molar-refractivity contribution is 0.240. The number of hydrogen-bond donors (Lipinski definition) is 4. The summed E-state index contributed by atoms with van der Waals surface area (Å²) in [7, 11) is 0. The van der Waals surface area contributed by atoms with Crippen LogP contribution in [0.15, 0.2) is 0 Å². The molecule has 0 spiro atoms. The highest BCUT2D eigenvalue weighted by Gasteiger charge is 2.33. The highest BCUT2D eigenvalue weighted by atomic mass is 15.0. The third-order valence-electron chi connectivity index (χ3n) is 2.20. The van der Waals surface area contributed by atoms with Gasteiger partial charge in [0, 0.05) is 12.1 Å². The molecule has 0 radical (unpaired) electrons. The van der Waals surface area contributed by atoms with Gasteiger partial charge in [-0.05, 0) is 19.3 Å². The normalized spacial score (nSPS) is 39.6. The van der Waals surface area contributed by atoms with Crippen molar-refractivity contribution >= 4 is 0 Å².